The lowest BCUT2D eigenvalue weighted by Crippen LogP contribution is -2.49. The zero-order valence-corrected chi connectivity index (χ0v) is 19.2. The van der Waals surface area contributed by atoms with Crippen LogP contribution in [-0.2, 0) is 11.3 Å². The van der Waals surface area contributed by atoms with Crippen molar-refractivity contribution in [3.63, 3.8) is 0 Å². The van der Waals surface area contributed by atoms with E-state index >= 15 is 0 Å². The smallest absolute Gasteiger partial charge is 0.260 e. The van der Waals surface area contributed by atoms with Crippen LogP contribution in [0.15, 0.2) is 48.5 Å². The third-order valence-electron chi connectivity index (χ3n) is 5.50. The van der Waals surface area contributed by atoms with Crippen LogP contribution in [0.1, 0.15) is 38.2 Å². The molecular weight excluding hydrogens is 412 g/mol. The molecule has 6 heteroatoms. The molecule has 2 aromatic rings. The number of amides is 1. The lowest BCUT2D eigenvalue weighted by Gasteiger charge is -2.34. The minimum atomic E-state index is 0.0300. The van der Waals surface area contributed by atoms with Crippen molar-refractivity contribution in [1.29, 1.82) is 0 Å². The largest absolute Gasteiger partial charge is 0.494 e. The van der Waals surface area contributed by atoms with Crippen LogP contribution in [-0.4, -0.2) is 55.1 Å². The van der Waals surface area contributed by atoms with Gasteiger partial charge in [-0.2, -0.15) is 0 Å². The molecule has 1 aliphatic rings. The molecular formula is C25H33ClN2O3. The second kappa shape index (κ2) is 12.6. The van der Waals surface area contributed by atoms with Crippen LogP contribution in [0.3, 0.4) is 0 Å². The Bertz CT molecular complexity index is 787. The summed E-state index contributed by atoms with van der Waals surface area (Å²) in [5.41, 5.74) is 1.24. The van der Waals surface area contributed by atoms with E-state index in [-0.39, 0.29) is 12.5 Å². The monoisotopic (exact) mass is 444 g/mol. The predicted octanol–water partition coefficient (Wildman–Crippen LogP) is 5.02. The van der Waals surface area contributed by atoms with E-state index in [0.717, 1.165) is 56.5 Å². The molecule has 31 heavy (non-hydrogen) atoms. The van der Waals surface area contributed by atoms with Crippen LogP contribution >= 0.6 is 11.6 Å². The summed E-state index contributed by atoms with van der Waals surface area (Å²) in [6.07, 6.45) is 4.76. The first-order valence-corrected chi connectivity index (χ1v) is 11.6. The molecule has 0 atom stereocenters. The summed E-state index contributed by atoms with van der Waals surface area (Å²) in [6.45, 7) is 7.05. The van der Waals surface area contributed by atoms with E-state index in [1.54, 1.807) is 0 Å². The third-order valence-corrected chi connectivity index (χ3v) is 5.75. The Balaban J connectivity index is 1.34. The molecule has 1 saturated heterocycles. The van der Waals surface area contributed by atoms with Crippen molar-refractivity contribution in [2.24, 2.45) is 0 Å². The minimum Gasteiger partial charge on any atom is -0.494 e. The second-order valence-electron chi connectivity index (χ2n) is 7.95. The molecule has 0 aliphatic carbocycles. The van der Waals surface area contributed by atoms with E-state index in [2.05, 4.69) is 24.0 Å². The number of hydrogen-bond donors (Lipinski definition) is 0. The third kappa shape index (κ3) is 8.08. The number of unbranched alkanes of at least 4 members (excludes halogenated alkanes) is 3. The molecule has 1 fully saturated rings. The summed E-state index contributed by atoms with van der Waals surface area (Å²) in [7, 11) is 0. The summed E-state index contributed by atoms with van der Waals surface area (Å²) in [5.74, 6) is 1.56. The number of piperazine rings is 1. The molecule has 5 nitrogen and oxygen atoms in total. The van der Waals surface area contributed by atoms with Crippen LogP contribution in [0.2, 0.25) is 5.02 Å². The number of nitrogens with zero attached hydrogens (tertiary/aromatic N) is 2. The molecule has 3 rings (SSSR count). The van der Waals surface area contributed by atoms with Crippen LogP contribution in [0.25, 0.3) is 0 Å². The zero-order chi connectivity index (χ0) is 21.9. The molecule has 0 spiro atoms. The Labute approximate surface area is 190 Å². The average Bonchev–Trinajstić information content (AvgIpc) is 2.80. The first-order valence-electron chi connectivity index (χ1n) is 11.2. The van der Waals surface area contributed by atoms with Gasteiger partial charge in [-0.25, -0.2) is 0 Å². The van der Waals surface area contributed by atoms with E-state index < -0.39 is 0 Å². The Morgan fingerprint density at radius 3 is 2.16 bits per heavy atom. The number of carbonyl (C=O) groups excluding carboxylic acids is 1. The van der Waals surface area contributed by atoms with E-state index in [0.29, 0.717) is 5.75 Å². The Morgan fingerprint density at radius 1 is 0.871 bits per heavy atom. The summed E-state index contributed by atoms with van der Waals surface area (Å²) in [5, 5.41) is 0.753. The number of hydrogen-bond acceptors (Lipinski definition) is 4. The van der Waals surface area contributed by atoms with Gasteiger partial charge in [0.15, 0.2) is 6.61 Å². The van der Waals surface area contributed by atoms with E-state index in [9.17, 15) is 4.79 Å². The van der Waals surface area contributed by atoms with Crippen molar-refractivity contribution in [2.45, 2.75) is 39.2 Å². The highest BCUT2D eigenvalue weighted by atomic mass is 35.5. The highest BCUT2D eigenvalue weighted by Gasteiger charge is 2.21. The minimum absolute atomic E-state index is 0.0300. The van der Waals surface area contributed by atoms with Gasteiger partial charge in [-0.05, 0) is 48.4 Å². The molecule has 0 aromatic heterocycles. The highest BCUT2D eigenvalue weighted by molar-refractivity contribution is 6.30. The van der Waals surface area contributed by atoms with Gasteiger partial charge in [0.25, 0.3) is 5.91 Å². The lowest BCUT2D eigenvalue weighted by molar-refractivity contribution is -0.135. The molecule has 1 heterocycles. The molecule has 0 unspecified atom stereocenters. The van der Waals surface area contributed by atoms with Gasteiger partial charge in [-0.3, -0.25) is 9.69 Å². The maximum absolute atomic E-state index is 12.5. The van der Waals surface area contributed by atoms with Crippen molar-refractivity contribution in [3.05, 3.63) is 59.1 Å². The van der Waals surface area contributed by atoms with Gasteiger partial charge in [-0.15, -0.1) is 0 Å². The van der Waals surface area contributed by atoms with Gasteiger partial charge in [0.1, 0.15) is 11.5 Å². The molecule has 1 amide bonds. The summed E-state index contributed by atoms with van der Waals surface area (Å²) < 4.78 is 11.4. The zero-order valence-electron chi connectivity index (χ0n) is 18.4. The molecule has 0 saturated carbocycles. The predicted molar refractivity (Wildman–Crippen MR) is 125 cm³/mol. The number of carbonyl (C=O) groups is 1. The van der Waals surface area contributed by atoms with Crippen molar-refractivity contribution < 1.29 is 14.3 Å². The molecule has 168 valence electrons. The first-order chi connectivity index (χ1) is 15.1. The Morgan fingerprint density at radius 2 is 1.52 bits per heavy atom. The Hall–Kier alpha value is -2.24. The standard InChI is InChI=1S/C25H33ClN2O3/c1-2-3-4-5-18-30-23-10-12-24(13-11-23)31-20-25(29)28-16-14-27(15-17-28)19-21-6-8-22(26)9-7-21/h6-13H,2-5,14-20H2,1H3. The fourth-order valence-electron chi connectivity index (χ4n) is 3.59. The lowest BCUT2D eigenvalue weighted by atomic mass is 10.2. The van der Waals surface area contributed by atoms with E-state index in [1.165, 1.54) is 24.8 Å². The van der Waals surface area contributed by atoms with Gasteiger partial charge in [-0.1, -0.05) is 49.9 Å². The molecule has 0 N–H and O–H groups in total. The Kier molecular flexibility index (Phi) is 9.50. The fourth-order valence-corrected chi connectivity index (χ4v) is 3.72. The second-order valence-corrected chi connectivity index (χ2v) is 8.39. The molecule has 2 aromatic carbocycles. The van der Waals surface area contributed by atoms with Gasteiger partial charge < -0.3 is 14.4 Å². The van der Waals surface area contributed by atoms with Gasteiger partial charge in [0.2, 0.25) is 0 Å². The number of benzene rings is 2. The average molecular weight is 445 g/mol. The van der Waals surface area contributed by atoms with Crippen molar-refractivity contribution in [3.8, 4) is 11.5 Å². The number of halogens is 1. The normalized spacial score (nSPS) is 14.5. The van der Waals surface area contributed by atoms with Crippen LogP contribution < -0.4 is 9.47 Å². The van der Waals surface area contributed by atoms with Crippen LogP contribution in [0.4, 0.5) is 0 Å². The molecule has 0 radical (unpaired) electrons. The molecule has 1 aliphatic heterocycles. The van der Waals surface area contributed by atoms with Gasteiger partial charge >= 0.3 is 0 Å². The van der Waals surface area contributed by atoms with Gasteiger partial charge in [0.05, 0.1) is 6.61 Å². The highest BCUT2D eigenvalue weighted by Crippen LogP contribution is 2.18. The van der Waals surface area contributed by atoms with E-state index in [4.69, 9.17) is 21.1 Å². The number of ether oxygens (including phenoxy) is 2. The van der Waals surface area contributed by atoms with Crippen LogP contribution in [0, 0.1) is 0 Å². The fraction of sp³-hybridized carbons (Fsp3) is 0.480. The first kappa shape index (κ1) is 23.4. The quantitative estimate of drug-likeness (QED) is 0.456. The summed E-state index contributed by atoms with van der Waals surface area (Å²) in [4.78, 5) is 16.7. The SMILES string of the molecule is CCCCCCOc1ccc(OCC(=O)N2CCN(Cc3ccc(Cl)cc3)CC2)cc1. The summed E-state index contributed by atoms with van der Waals surface area (Å²) >= 11 is 5.95. The summed E-state index contributed by atoms with van der Waals surface area (Å²) in [6, 6.07) is 15.5. The number of rotatable bonds is 11. The van der Waals surface area contributed by atoms with Crippen molar-refractivity contribution in [2.75, 3.05) is 39.4 Å². The van der Waals surface area contributed by atoms with E-state index in [1.807, 2.05) is 41.3 Å². The van der Waals surface area contributed by atoms with Crippen molar-refractivity contribution >= 4 is 17.5 Å². The van der Waals surface area contributed by atoms with Crippen molar-refractivity contribution in [1.82, 2.24) is 9.80 Å². The topological polar surface area (TPSA) is 42.0 Å². The maximum atomic E-state index is 12.5. The molecule has 0 bridgehead atoms. The maximum Gasteiger partial charge on any atom is 0.260 e. The van der Waals surface area contributed by atoms with Crippen LogP contribution in [0.5, 0.6) is 11.5 Å². The van der Waals surface area contributed by atoms with Gasteiger partial charge in [0, 0.05) is 37.7 Å².